The Kier molecular flexibility index (Phi) is 35.2. The number of nitrogens with one attached hydrogen (secondary N) is 1. The van der Waals surface area contributed by atoms with Crippen LogP contribution in [0.4, 0.5) is 0 Å². The number of rotatable bonds is 40. The molecule has 0 radical (unpaired) electrons. The van der Waals surface area contributed by atoms with E-state index in [0.29, 0.717) is 12.8 Å². The van der Waals surface area contributed by atoms with Crippen LogP contribution in [0.3, 0.4) is 0 Å². The molecule has 5 aliphatic heterocycles. The van der Waals surface area contributed by atoms with E-state index in [1.807, 2.05) is 49.4 Å². The number of hydrogen-bond acceptors (Lipinski definition) is 27. The van der Waals surface area contributed by atoms with E-state index in [4.69, 9.17) is 47.4 Å². The van der Waals surface area contributed by atoms with Gasteiger partial charge in [0.05, 0.1) is 70.1 Å². The summed E-state index contributed by atoms with van der Waals surface area (Å²) >= 11 is 0. The van der Waals surface area contributed by atoms with Crippen molar-refractivity contribution in [3.8, 4) is 0 Å². The molecule has 5 saturated heterocycles. The van der Waals surface area contributed by atoms with Crippen molar-refractivity contribution in [1.29, 1.82) is 0 Å². The van der Waals surface area contributed by atoms with E-state index in [0.717, 1.165) is 31.2 Å². The third-order valence-electron chi connectivity index (χ3n) is 19.0. The molecule has 0 spiro atoms. The Morgan fingerprint density at radius 1 is 0.543 bits per heavy atom. The highest BCUT2D eigenvalue weighted by Gasteiger charge is 2.57. The molecule has 0 bridgehead atoms. The van der Waals surface area contributed by atoms with E-state index >= 15 is 0 Å². The van der Waals surface area contributed by atoms with Crippen molar-refractivity contribution in [3.05, 3.63) is 42.0 Å². The van der Waals surface area contributed by atoms with Gasteiger partial charge in [-0.25, -0.2) is 0 Å². The fourth-order valence-electron chi connectivity index (χ4n) is 13.0. The molecule has 1 aromatic rings. The van der Waals surface area contributed by atoms with Crippen LogP contribution < -0.4 is 5.32 Å². The maximum Gasteiger partial charge on any atom is 0.220 e. The molecule has 94 heavy (non-hydrogen) atoms. The zero-order chi connectivity index (χ0) is 68.6. The molecule has 0 aromatic heterocycles. The van der Waals surface area contributed by atoms with Crippen LogP contribution in [-0.2, 0) is 52.2 Å². The van der Waals surface area contributed by atoms with Crippen LogP contribution in [0.2, 0.25) is 0 Å². The van der Waals surface area contributed by atoms with E-state index in [2.05, 4.69) is 12.2 Å². The summed E-state index contributed by atoms with van der Waals surface area (Å²) in [6, 6.07) is 8.36. The van der Waals surface area contributed by atoms with Crippen molar-refractivity contribution in [3.63, 3.8) is 0 Å². The van der Waals surface area contributed by atoms with Crippen molar-refractivity contribution < 1.29 is 134 Å². The summed E-state index contributed by atoms with van der Waals surface area (Å²) in [4.78, 5) is 13.7. The van der Waals surface area contributed by atoms with Gasteiger partial charge in [-0.1, -0.05) is 160 Å². The van der Waals surface area contributed by atoms with Gasteiger partial charge in [-0.2, -0.15) is 0 Å². The van der Waals surface area contributed by atoms with E-state index in [1.165, 1.54) is 78.1 Å². The van der Waals surface area contributed by atoms with Crippen LogP contribution in [0.25, 0.3) is 6.08 Å². The minimum Gasteiger partial charge on any atom is -0.394 e. The first-order chi connectivity index (χ1) is 45.2. The lowest BCUT2D eigenvalue weighted by Crippen LogP contribution is -2.67. The Balaban J connectivity index is 1.16. The molecule has 0 aliphatic carbocycles. The quantitative estimate of drug-likeness (QED) is 0.0359. The minimum absolute atomic E-state index is 0.176. The maximum atomic E-state index is 13.7. The first-order valence-corrected chi connectivity index (χ1v) is 34.2. The predicted molar refractivity (Wildman–Crippen MR) is 334 cm³/mol. The molecule has 6 rings (SSSR count). The fourth-order valence-corrected chi connectivity index (χ4v) is 13.0. The van der Waals surface area contributed by atoms with Gasteiger partial charge in [0.15, 0.2) is 31.5 Å². The van der Waals surface area contributed by atoms with Crippen molar-refractivity contribution >= 4 is 12.0 Å². The second-order valence-electron chi connectivity index (χ2n) is 26.1. The molecule has 5 fully saturated rings. The Morgan fingerprint density at radius 3 is 1.64 bits per heavy atom. The number of carbonyl (C=O) groups is 1. The number of unbranched alkanes of at least 4 members (excludes halogenated alkanes) is 14. The van der Waals surface area contributed by atoms with Gasteiger partial charge >= 0.3 is 0 Å². The first-order valence-electron chi connectivity index (χ1n) is 34.2. The van der Waals surface area contributed by atoms with Gasteiger partial charge in [-0.3, -0.25) is 4.79 Å². The lowest BCUT2D eigenvalue weighted by molar-refractivity contribution is -0.397. The number of carbonyl (C=O) groups excluding carboxylic acids is 1. The van der Waals surface area contributed by atoms with Gasteiger partial charge in [-0.15, -0.1) is 0 Å². The molecule has 1 amide bonds. The molecular formula is C66H113NO27. The molecule has 544 valence electrons. The third kappa shape index (κ3) is 22.4. The number of ether oxygens (including phenoxy) is 10. The van der Waals surface area contributed by atoms with Gasteiger partial charge in [0, 0.05) is 30.6 Å². The number of hydrogen-bond donors (Lipinski definition) is 17. The molecule has 5 aliphatic rings. The van der Waals surface area contributed by atoms with Crippen LogP contribution in [0.5, 0.6) is 0 Å². The van der Waals surface area contributed by atoms with Crippen molar-refractivity contribution in [1.82, 2.24) is 5.32 Å². The molecule has 10 unspecified atom stereocenters. The highest BCUT2D eigenvalue weighted by Crippen LogP contribution is 2.39. The van der Waals surface area contributed by atoms with Gasteiger partial charge < -0.3 is 134 Å². The summed E-state index contributed by atoms with van der Waals surface area (Å²) in [5.41, 5.74) is 0.881. The molecule has 29 atom stereocenters. The fraction of sp³-hybridized carbons (Fsp3) is 0.864. The van der Waals surface area contributed by atoms with Gasteiger partial charge in [0.1, 0.15) is 97.7 Å². The summed E-state index contributed by atoms with van der Waals surface area (Å²) in [6.45, 7) is 2.13. The smallest absolute Gasteiger partial charge is 0.220 e. The van der Waals surface area contributed by atoms with Crippen LogP contribution in [0.1, 0.15) is 149 Å². The van der Waals surface area contributed by atoms with E-state index < -0.39 is 217 Å². The Hall–Kier alpha value is -2.61. The van der Waals surface area contributed by atoms with Gasteiger partial charge in [0.2, 0.25) is 5.91 Å². The van der Waals surface area contributed by atoms with E-state index in [9.17, 15) is 86.5 Å². The average Bonchev–Trinajstić information content (AvgIpc) is 0.783. The largest absolute Gasteiger partial charge is 0.394 e. The topological polar surface area (TPSA) is 445 Å². The zero-order valence-electron chi connectivity index (χ0n) is 54.9. The summed E-state index contributed by atoms with van der Waals surface area (Å²) in [7, 11) is 0. The minimum atomic E-state index is -2.11. The molecule has 17 N–H and O–H groups in total. The third-order valence-corrected chi connectivity index (χ3v) is 19.0. The molecule has 0 saturated carbocycles. The van der Waals surface area contributed by atoms with Crippen molar-refractivity contribution in [2.45, 2.75) is 303 Å². The SMILES string of the molecule is CCCCCCCCCCCCCCCCCC(=O)N[C@@H](CO[C@@H]1OC(CO)[C@@H](O[C@@H]2OC(CO)[C@H](O[C@@H]3OC(CO)[C@H](O)[C@H](O[C@@H]4OC(CO)[C@H](O)[C@H](O)C4O)C3C)[C@H](OC3C[C@@H](O)[C@@H](C)C([C@H](O)[C@H](O)CO)O3)C2O)[C@H](O)C1O)[C@H](O)[C@H](/C=C/c1ccccc1)CC. The van der Waals surface area contributed by atoms with Crippen LogP contribution >= 0.6 is 0 Å². The summed E-state index contributed by atoms with van der Waals surface area (Å²) in [5.74, 6) is -2.89. The van der Waals surface area contributed by atoms with Crippen LogP contribution in [-0.4, -0.2) is 287 Å². The molecule has 28 heteroatoms. The zero-order valence-corrected chi connectivity index (χ0v) is 54.9. The number of amides is 1. The summed E-state index contributed by atoms with van der Waals surface area (Å²) in [6.07, 6.45) is -21.2. The normalized spacial score (nSPS) is 37.4. The molecule has 28 nitrogen and oxygen atoms in total. The predicted octanol–water partition coefficient (Wildman–Crippen LogP) is -0.752. The summed E-state index contributed by atoms with van der Waals surface area (Å²) in [5, 5.41) is 179. The molecule has 1 aromatic carbocycles. The first kappa shape index (κ1) is 80.4. The van der Waals surface area contributed by atoms with E-state index in [-0.39, 0.29) is 18.7 Å². The molecular weight excluding hydrogens is 1240 g/mol. The van der Waals surface area contributed by atoms with Gasteiger partial charge in [-0.05, 0) is 18.4 Å². The monoisotopic (exact) mass is 1350 g/mol. The van der Waals surface area contributed by atoms with Gasteiger partial charge in [0.25, 0.3) is 0 Å². The number of aliphatic hydroxyl groups excluding tert-OH is 16. The lowest BCUT2D eigenvalue weighted by Gasteiger charge is -2.51. The van der Waals surface area contributed by atoms with Crippen molar-refractivity contribution in [2.24, 2.45) is 17.8 Å². The standard InChI is InChI=1S/C66H113NO27/c1-5-7-8-9-10-11-12-13-14-15-16-17-18-19-23-26-47(75)67-40(49(76)39(6-2)28-27-38-24-21-20-22-25-38)35-85-64-56(83)54(81)60(45(33-71)88-64)93-66-57(84)62(91-48-29-41(73)36(3)58(90-48)50(77)42(74)30-68)61(46(34-72)89-66)94-63-37(4)59(52(79)44(32-70)86-63)92-65-55(82)53(80)51(78)43(31-69)87-65/h20-22,24-25,27-28,36-37,39-46,48-66,68-74,76-84H,5-19,23,26,29-35H2,1-4H3,(H,67,75)/b28-27+/t36-,37?,39+,40+,41-,42-,43?,44?,45?,46?,48?,49-,50-,51+,52+,53+,54-,55?,56?,57?,58?,59-,60-,61+,62-,63+,64-,65+,66+/m1/s1. The Labute approximate surface area is 551 Å². The lowest BCUT2D eigenvalue weighted by atomic mass is 9.87. The Morgan fingerprint density at radius 2 is 1.05 bits per heavy atom. The van der Waals surface area contributed by atoms with E-state index in [1.54, 1.807) is 0 Å². The van der Waals surface area contributed by atoms with Crippen LogP contribution in [0, 0.1) is 17.8 Å². The second-order valence-corrected chi connectivity index (χ2v) is 26.1. The summed E-state index contributed by atoms with van der Waals surface area (Å²) < 4.78 is 60.8. The van der Waals surface area contributed by atoms with Crippen molar-refractivity contribution in [2.75, 3.05) is 39.6 Å². The highest BCUT2D eigenvalue weighted by molar-refractivity contribution is 5.76. The highest BCUT2D eigenvalue weighted by atomic mass is 16.8. The molecule has 5 heterocycles. The second kappa shape index (κ2) is 41.2. The average molecular weight is 1350 g/mol. The number of aliphatic hydroxyl groups is 16. The maximum absolute atomic E-state index is 13.7. The number of benzene rings is 1. The Bertz CT molecular complexity index is 2250. The van der Waals surface area contributed by atoms with Crippen LogP contribution in [0.15, 0.2) is 36.4 Å².